The van der Waals surface area contributed by atoms with Gasteiger partial charge in [0.15, 0.2) is 11.5 Å². The summed E-state index contributed by atoms with van der Waals surface area (Å²) < 4.78 is 11.2. The highest BCUT2D eigenvalue weighted by Crippen LogP contribution is 2.32. The molecule has 0 aliphatic heterocycles. The smallest absolute Gasteiger partial charge is 0.161 e. The largest absolute Gasteiger partial charge is 0.493 e. The highest BCUT2D eigenvalue weighted by Gasteiger charge is 2.27. The van der Waals surface area contributed by atoms with Gasteiger partial charge in [-0.05, 0) is 50.3 Å². The Bertz CT molecular complexity index is 452. The Labute approximate surface area is 122 Å². The van der Waals surface area contributed by atoms with Gasteiger partial charge in [0, 0.05) is 12.6 Å². The van der Waals surface area contributed by atoms with E-state index in [1.165, 1.54) is 12.8 Å². The minimum Gasteiger partial charge on any atom is -0.493 e. The monoisotopic (exact) mass is 275 g/mol. The van der Waals surface area contributed by atoms with Crippen molar-refractivity contribution in [2.24, 2.45) is 5.92 Å². The lowest BCUT2D eigenvalue weighted by molar-refractivity contribution is 0.285. The van der Waals surface area contributed by atoms with Crippen molar-refractivity contribution in [2.75, 3.05) is 20.3 Å². The molecule has 1 atom stereocenters. The van der Waals surface area contributed by atoms with Crippen LogP contribution < -0.4 is 14.8 Å². The van der Waals surface area contributed by atoms with E-state index in [2.05, 4.69) is 12.2 Å². The third kappa shape index (κ3) is 4.27. The molecular formula is C17H25NO2. The standard InChI is InChI=1S/C17H25NO2/c1-4-5-14-6-9-16(17(12-14)19-3)20-11-10-18-13(2)15-7-8-15/h4-6,9,12-13,15,18H,7-8,10-11H2,1-3H3. The van der Waals surface area contributed by atoms with Crippen molar-refractivity contribution in [3.05, 3.63) is 29.8 Å². The molecule has 1 aliphatic rings. The maximum atomic E-state index is 5.80. The number of rotatable bonds is 8. The highest BCUT2D eigenvalue weighted by atomic mass is 16.5. The van der Waals surface area contributed by atoms with Crippen molar-refractivity contribution in [2.45, 2.75) is 32.7 Å². The molecule has 1 aliphatic carbocycles. The maximum absolute atomic E-state index is 5.80. The van der Waals surface area contributed by atoms with Gasteiger partial charge in [-0.25, -0.2) is 0 Å². The van der Waals surface area contributed by atoms with Gasteiger partial charge in [-0.2, -0.15) is 0 Å². The third-order valence-corrected chi connectivity index (χ3v) is 3.70. The molecule has 1 unspecified atom stereocenters. The van der Waals surface area contributed by atoms with E-state index in [1.54, 1.807) is 7.11 Å². The van der Waals surface area contributed by atoms with Crippen molar-refractivity contribution < 1.29 is 9.47 Å². The van der Waals surface area contributed by atoms with Crippen LogP contribution in [0.15, 0.2) is 24.3 Å². The second kappa shape index (κ2) is 7.34. The molecule has 0 radical (unpaired) electrons. The Kier molecular flexibility index (Phi) is 5.48. The number of benzene rings is 1. The van der Waals surface area contributed by atoms with E-state index < -0.39 is 0 Å². The van der Waals surface area contributed by atoms with Crippen LogP contribution in [0.2, 0.25) is 0 Å². The zero-order valence-corrected chi connectivity index (χ0v) is 12.7. The first-order valence-electron chi connectivity index (χ1n) is 7.41. The molecule has 3 nitrogen and oxygen atoms in total. The van der Waals surface area contributed by atoms with E-state index in [9.17, 15) is 0 Å². The molecule has 0 bridgehead atoms. The minimum absolute atomic E-state index is 0.609. The topological polar surface area (TPSA) is 30.5 Å². The van der Waals surface area contributed by atoms with Crippen LogP contribution in [-0.2, 0) is 0 Å². The van der Waals surface area contributed by atoms with Crippen LogP contribution in [-0.4, -0.2) is 26.3 Å². The first-order valence-corrected chi connectivity index (χ1v) is 7.41. The predicted molar refractivity (Wildman–Crippen MR) is 83.4 cm³/mol. The molecule has 0 heterocycles. The van der Waals surface area contributed by atoms with Crippen molar-refractivity contribution in [1.82, 2.24) is 5.32 Å². The molecular weight excluding hydrogens is 250 g/mol. The average Bonchev–Trinajstić information content (AvgIpc) is 3.29. The highest BCUT2D eigenvalue weighted by molar-refractivity contribution is 5.55. The Hall–Kier alpha value is -1.48. The Balaban J connectivity index is 1.81. The summed E-state index contributed by atoms with van der Waals surface area (Å²) in [5.74, 6) is 2.47. The minimum atomic E-state index is 0.609. The van der Waals surface area contributed by atoms with Gasteiger partial charge in [0.2, 0.25) is 0 Å². The van der Waals surface area contributed by atoms with Crippen LogP contribution in [0, 0.1) is 5.92 Å². The summed E-state index contributed by atoms with van der Waals surface area (Å²) in [5, 5.41) is 3.51. The van der Waals surface area contributed by atoms with Gasteiger partial charge in [-0.15, -0.1) is 0 Å². The van der Waals surface area contributed by atoms with Gasteiger partial charge < -0.3 is 14.8 Å². The molecule has 20 heavy (non-hydrogen) atoms. The number of hydrogen-bond donors (Lipinski definition) is 1. The van der Waals surface area contributed by atoms with Gasteiger partial charge in [0.05, 0.1) is 7.11 Å². The van der Waals surface area contributed by atoms with E-state index in [1.807, 2.05) is 37.3 Å². The second-order valence-electron chi connectivity index (χ2n) is 5.34. The summed E-state index contributed by atoms with van der Waals surface area (Å²) in [5.41, 5.74) is 1.12. The third-order valence-electron chi connectivity index (χ3n) is 3.70. The molecule has 1 fully saturated rings. The van der Waals surface area contributed by atoms with Crippen molar-refractivity contribution in [3.8, 4) is 11.5 Å². The first-order chi connectivity index (χ1) is 9.74. The summed E-state index contributed by atoms with van der Waals surface area (Å²) in [4.78, 5) is 0. The molecule has 3 heteroatoms. The van der Waals surface area contributed by atoms with Crippen LogP contribution in [0.1, 0.15) is 32.3 Å². The van der Waals surface area contributed by atoms with E-state index in [4.69, 9.17) is 9.47 Å². The van der Waals surface area contributed by atoms with Gasteiger partial charge in [0.25, 0.3) is 0 Å². The zero-order chi connectivity index (χ0) is 14.4. The zero-order valence-electron chi connectivity index (χ0n) is 12.7. The van der Waals surface area contributed by atoms with E-state index in [0.717, 1.165) is 29.5 Å². The predicted octanol–water partition coefficient (Wildman–Crippen LogP) is 3.50. The Morgan fingerprint density at radius 3 is 2.80 bits per heavy atom. The van der Waals surface area contributed by atoms with E-state index in [0.29, 0.717) is 12.6 Å². The lowest BCUT2D eigenvalue weighted by Crippen LogP contribution is -2.31. The SMILES string of the molecule is CC=Cc1ccc(OCCNC(C)C2CC2)c(OC)c1. The molecule has 2 rings (SSSR count). The fourth-order valence-electron chi connectivity index (χ4n) is 2.31. The van der Waals surface area contributed by atoms with Crippen LogP contribution >= 0.6 is 0 Å². The average molecular weight is 275 g/mol. The molecule has 1 aromatic carbocycles. The van der Waals surface area contributed by atoms with Gasteiger partial charge in [0.1, 0.15) is 6.61 Å². The first kappa shape index (κ1) is 14.9. The normalized spacial score (nSPS) is 16.4. The van der Waals surface area contributed by atoms with Crippen LogP contribution in [0.25, 0.3) is 6.08 Å². The molecule has 0 amide bonds. The summed E-state index contributed by atoms with van der Waals surface area (Å²) in [6.45, 7) is 5.79. The number of hydrogen-bond acceptors (Lipinski definition) is 3. The van der Waals surface area contributed by atoms with Gasteiger partial charge in [-0.3, -0.25) is 0 Å². The number of ether oxygens (including phenoxy) is 2. The molecule has 0 spiro atoms. The molecule has 0 aromatic heterocycles. The Morgan fingerprint density at radius 1 is 1.35 bits per heavy atom. The molecule has 110 valence electrons. The summed E-state index contributed by atoms with van der Waals surface area (Å²) in [6, 6.07) is 6.61. The van der Waals surface area contributed by atoms with Gasteiger partial charge in [-0.1, -0.05) is 18.2 Å². The van der Waals surface area contributed by atoms with E-state index >= 15 is 0 Å². The molecule has 1 saturated carbocycles. The number of allylic oxidation sites excluding steroid dienone is 1. The summed E-state index contributed by atoms with van der Waals surface area (Å²) in [6.07, 6.45) is 6.80. The van der Waals surface area contributed by atoms with Crippen molar-refractivity contribution in [3.63, 3.8) is 0 Å². The summed E-state index contributed by atoms with van der Waals surface area (Å²) in [7, 11) is 1.68. The Morgan fingerprint density at radius 2 is 2.15 bits per heavy atom. The van der Waals surface area contributed by atoms with Gasteiger partial charge >= 0.3 is 0 Å². The van der Waals surface area contributed by atoms with Crippen molar-refractivity contribution in [1.29, 1.82) is 0 Å². The molecule has 1 N–H and O–H groups in total. The van der Waals surface area contributed by atoms with Crippen LogP contribution in [0.4, 0.5) is 0 Å². The number of methoxy groups -OCH3 is 1. The molecule has 1 aromatic rings. The quantitative estimate of drug-likeness (QED) is 0.737. The van der Waals surface area contributed by atoms with Crippen LogP contribution in [0.5, 0.6) is 11.5 Å². The van der Waals surface area contributed by atoms with E-state index in [-0.39, 0.29) is 0 Å². The second-order valence-corrected chi connectivity index (χ2v) is 5.34. The molecule has 0 saturated heterocycles. The lowest BCUT2D eigenvalue weighted by atomic mass is 10.2. The maximum Gasteiger partial charge on any atom is 0.161 e. The lowest BCUT2D eigenvalue weighted by Gasteiger charge is -2.14. The number of nitrogens with one attached hydrogen (secondary N) is 1. The fraction of sp³-hybridized carbons (Fsp3) is 0.529. The van der Waals surface area contributed by atoms with Crippen molar-refractivity contribution >= 4 is 6.08 Å². The summed E-state index contributed by atoms with van der Waals surface area (Å²) >= 11 is 0. The fourth-order valence-corrected chi connectivity index (χ4v) is 2.31. The van der Waals surface area contributed by atoms with Crippen LogP contribution in [0.3, 0.4) is 0 Å².